The van der Waals surface area contributed by atoms with Crippen molar-refractivity contribution in [2.24, 2.45) is 11.8 Å². The molecular weight excluding hydrogens is 376 g/mol. The molecule has 150 valence electrons. The van der Waals surface area contributed by atoms with Crippen LogP contribution >= 0.6 is 11.6 Å². The summed E-state index contributed by atoms with van der Waals surface area (Å²) in [7, 11) is 0. The highest BCUT2D eigenvalue weighted by Gasteiger charge is 2.27. The zero-order chi connectivity index (χ0) is 20.9. The van der Waals surface area contributed by atoms with Crippen molar-refractivity contribution in [3.05, 3.63) is 59.1 Å². The summed E-state index contributed by atoms with van der Waals surface area (Å²) in [5, 5.41) is 10.3. The summed E-state index contributed by atoms with van der Waals surface area (Å²) in [6.07, 6.45) is 0.596. The first-order chi connectivity index (χ1) is 13.0. The molecule has 2 rings (SSSR count). The molecule has 0 aliphatic carbocycles. The Balaban J connectivity index is 2.06. The number of ether oxygens (including phenoxy) is 1. The lowest BCUT2D eigenvalue weighted by Crippen LogP contribution is -2.30. The molecule has 4 nitrogen and oxygen atoms in total. The highest BCUT2D eigenvalue weighted by atomic mass is 35.5. The first-order valence-corrected chi connectivity index (χ1v) is 9.73. The summed E-state index contributed by atoms with van der Waals surface area (Å²) in [5.74, 6) is -2.41. The Morgan fingerprint density at radius 2 is 1.71 bits per heavy atom. The summed E-state index contributed by atoms with van der Waals surface area (Å²) in [5.41, 5.74) is 2.35. The third kappa shape index (κ3) is 6.68. The number of hydrogen-bond donors (Lipinski definition) is 1. The smallest absolute Gasteiger partial charge is 0.309 e. The molecule has 28 heavy (non-hydrogen) atoms. The Bertz CT molecular complexity index is 821. The zero-order valence-electron chi connectivity index (χ0n) is 16.7. The van der Waals surface area contributed by atoms with Crippen LogP contribution in [0.25, 0.3) is 11.1 Å². The van der Waals surface area contributed by atoms with Gasteiger partial charge in [0.2, 0.25) is 0 Å². The average Bonchev–Trinajstić information content (AvgIpc) is 2.60. The van der Waals surface area contributed by atoms with E-state index in [1.807, 2.05) is 48.5 Å². The standard InChI is InChI=1S/C23H27ClO4/c1-15(22(27)28-23(2,3)4)12-19(21(25)26)13-16-8-10-17(11-9-16)18-6-5-7-20(24)14-18/h5-11,14-15,19H,12-13H2,1-4H3,(H,25,26)/t15-,19+/m1/s1. The maximum atomic E-state index is 12.2. The molecule has 2 atom stereocenters. The predicted octanol–water partition coefficient (Wildman–Crippen LogP) is 5.62. The molecule has 0 saturated carbocycles. The van der Waals surface area contributed by atoms with Gasteiger partial charge in [0.1, 0.15) is 5.60 Å². The van der Waals surface area contributed by atoms with Crippen LogP contribution < -0.4 is 0 Å². The SMILES string of the molecule is C[C@H](C[C@@H](Cc1ccc(-c2cccc(Cl)c2)cc1)C(=O)O)C(=O)OC(C)(C)C. The molecule has 2 aromatic carbocycles. The lowest BCUT2D eigenvalue weighted by Gasteiger charge is -2.23. The molecule has 0 unspecified atom stereocenters. The topological polar surface area (TPSA) is 63.6 Å². The second kappa shape index (κ2) is 9.24. The van der Waals surface area contributed by atoms with Crippen LogP contribution in [0.15, 0.2) is 48.5 Å². The fraction of sp³-hybridized carbons (Fsp3) is 0.391. The molecule has 0 bridgehead atoms. The third-order valence-electron chi connectivity index (χ3n) is 4.39. The molecule has 0 saturated heterocycles. The van der Waals surface area contributed by atoms with E-state index in [1.54, 1.807) is 27.7 Å². The number of carboxylic acid groups (broad SMARTS) is 1. The molecule has 0 spiro atoms. The molecule has 0 amide bonds. The van der Waals surface area contributed by atoms with Crippen molar-refractivity contribution in [2.45, 2.75) is 46.1 Å². The first kappa shape index (κ1) is 22.0. The highest BCUT2D eigenvalue weighted by Crippen LogP contribution is 2.25. The van der Waals surface area contributed by atoms with Crippen molar-refractivity contribution in [1.82, 2.24) is 0 Å². The molecule has 5 heteroatoms. The molecule has 0 aromatic heterocycles. The summed E-state index contributed by atoms with van der Waals surface area (Å²) < 4.78 is 5.36. The Kier molecular flexibility index (Phi) is 7.25. The van der Waals surface area contributed by atoms with Gasteiger partial charge in [0.25, 0.3) is 0 Å². The predicted molar refractivity (Wildman–Crippen MR) is 111 cm³/mol. The van der Waals surface area contributed by atoms with Crippen molar-refractivity contribution < 1.29 is 19.4 Å². The molecule has 0 heterocycles. The zero-order valence-corrected chi connectivity index (χ0v) is 17.5. The number of hydrogen-bond acceptors (Lipinski definition) is 3. The van der Waals surface area contributed by atoms with Crippen molar-refractivity contribution in [1.29, 1.82) is 0 Å². The number of benzene rings is 2. The summed E-state index contributed by atoms with van der Waals surface area (Å²) in [4.78, 5) is 23.9. The van der Waals surface area contributed by atoms with Crippen LogP contribution in [-0.2, 0) is 20.7 Å². The van der Waals surface area contributed by atoms with Gasteiger partial charge in [-0.2, -0.15) is 0 Å². The summed E-state index contributed by atoms with van der Waals surface area (Å²) in [6.45, 7) is 7.11. The molecular formula is C23H27ClO4. The van der Waals surface area contributed by atoms with Gasteiger partial charge in [0.15, 0.2) is 0 Å². The fourth-order valence-electron chi connectivity index (χ4n) is 2.98. The third-order valence-corrected chi connectivity index (χ3v) is 4.63. The van der Waals surface area contributed by atoms with E-state index >= 15 is 0 Å². The molecule has 2 aromatic rings. The monoisotopic (exact) mass is 402 g/mol. The number of esters is 1. The van der Waals surface area contributed by atoms with E-state index in [4.69, 9.17) is 16.3 Å². The Morgan fingerprint density at radius 3 is 2.25 bits per heavy atom. The first-order valence-electron chi connectivity index (χ1n) is 9.35. The summed E-state index contributed by atoms with van der Waals surface area (Å²) in [6, 6.07) is 15.3. The van der Waals surface area contributed by atoms with Gasteiger partial charge in [-0.25, -0.2) is 0 Å². The second-order valence-electron chi connectivity index (χ2n) is 8.12. The van der Waals surface area contributed by atoms with E-state index in [-0.39, 0.29) is 12.4 Å². The van der Waals surface area contributed by atoms with Gasteiger partial charge < -0.3 is 9.84 Å². The highest BCUT2D eigenvalue weighted by molar-refractivity contribution is 6.30. The Morgan fingerprint density at radius 1 is 1.07 bits per heavy atom. The number of carbonyl (C=O) groups excluding carboxylic acids is 1. The minimum absolute atomic E-state index is 0.236. The van der Waals surface area contributed by atoms with Crippen molar-refractivity contribution in [3.8, 4) is 11.1 Å². The van der Waals surface area contributed by atoms with E-state index in [0.29, 0.717) is 11.4 Å². The van der Waals surface area contributed by atoms with Gasteiger partial charge in [-0.3, -0.25) is 9.59 Å². The number of aliphatic carboxylic acids is 1. The van der Waals surface area contributed by atoms with E-state index in [0.717, 1.165) is 16.7 Å². The average molecular weight is 403 g/mol. The molecule has 0 aliphatic heterocycles. The lowest BCUT2D eigenvalue weighted by molar-refractivity contribution is -0.160. The van der Waals surface area contributed by atoms with Gasteiger partial charge in [0.05, 0.1) is 11.8 Å². The van der Waals surface area contributed by atoms with Crippen LogP contribution in [0.4, 0.5) is 0 Å². The number of carboxylic acids is 1. The molecule has 0 radical (unpaired) electrons. The van der Waals surface area contributed by atoms with Gasteiger partial charge in [-0.05, 0) is 62.4 Å². The van der Waals surface area contributed by atoms with Crippen LogP contribution in [0.5, 0.6) is 0 Å². The maximum absolute atomic E-state index is 12.2. The van der Waals surface area contributed by atoms with Crippen LogP contribution in [0.3, 0.4) is 0 Å². The van der Waals surface area contributed by atoms with Gasteiger partial charge in [0, 0.05) is 5.02 Å². The minimum Gasteiger partial charge on any atom is -0.481 e. The normalized spacial score (nSPS) is 13.6. The fourth-order valence-corrected chi connectivity index (χ4v) is 3.17. The van der Waals surface area contributed by atoms with Crippen LogP contribution in [0, 0.1) is 11.8 Å². The molecule has 0 fully saturated rings. The van der Waals surface area contributed by atoms with E-state index in [1.165, 1.54) is 0 Å². The van der Waals surface area contributed by atoms with E-state index < -0.39 is 23.4 Å². The number of carbonyl (C=O) groups is 2. The van der Waals surface area contributed by atoms with Crippen molar-refractivity contribution >= 4 is 23.5 Å². The molecule has 0 aliphatic rings. The van der Waals surface area contributed by atoms with Crippen LogP contribution in [0.2, 0.25) is 5.02 Å². The van der Waals surface area contributed by atoms with Crippen LogP contribution in [0.1, 0.15) is 39.7 Å². The quantitative estimate of drug-likeness (QED) is 0.610. The second-order valence-corrected chi connectivity index (χ2v) is 8.55. The lowest BCUT2D eigenvalue weighted by atomic mass is 9.89. The Labute approximate surface area is 171 Å². The van der Waals surface area contributed by atoms with Gasteiger partial charge >= 0.3 is 11.9 Å². The number of halogens is 1. The Hall–Kier alpha value is -2.33. The largest absolute Gasteiger partial charge is 0.481 e. The van der Waals surface area contributed by atoms with Crippen molar-refractivity contribution in [2.75, 3.05) is 0 Å². The van der Waals surface area contributed by atoms with Crippen molar-refractivity contribution in [3.63, 3.8) is 0 Å². The van der Waals surface area contributed by atoms with E-state index in [2.05, 4.69) is 0 Å². The number of rotatable bonds is 7. The minimum atomic E-state index is -0.908. The van der Waals surface area contributed by atoms with Crippen LogP contribution in [-0.4, -0.2) is 22.6 Å². The maximum Gasteiger partial charge on any atom is 0.309 e. The van der Waals surface area contributed by atoms with E-state index in [9.17, 15) is 14.7 Å². The summed E-state index contributed by atoms with van der Waals surface area (Å²) >= 11 is 6.04. The molecule has 1 N–H and O–H groups in total. The van der Waals surface area contributed by atoms with Gasteiger partial charge in [-0.1, -0.05) is 54.9 Å². The van der Waals surface area contributed by atoms with Gasteiger partial charge in [-0.15, -0.1) is 0 Å².